The SMILES string of the molecule is CC(O)(c1ccc(N)cc1)C(F)(F)F. The third kappa shape index (κ3) is 1.82. The van der Waals surface area contributed by atoms with Crippen molar-refractivity contribution < 1.29 is 18.3 Å². The zero-order valence-corrected chi connectivity index (χ0v) is 7.47. The van der Waals surface area contributed by atoms with Gasteiger partial charge in [-0.25, -0.2) is 0 Å². The molecule has 1 unspecified atom stereocenters. The first-order chi connectivity index (χ1) is 6.25. The van der Waals surface area contributed by atoms with Gasteiger partial charge in [-0.15, -0.1) is 0 Å². The zero-order valence-electron chi connectivity index (χ0n) is 7.47. The van der Waals surface area contributed by atoms with Gasteiger partial charge in [0.2, 0.25) is 0 Å². The van der Waals surface area contributed by atoms with Crippen molar-refractivity contribution >= 4 is 5.69 Å². The Morgan fingerprint density at radius 3 is 1.93 bits per heavy atom. The molecule has 0 aliphatic heterocycles. The second-order valence-electron chi connectivity index (χ2n) is 3.19. The van der Waals surface area contributed by atoms with E-state index in [4.69, 9.17) is 5.73 Å². The molecule has 1 aromatic carbocycles. The molecule has 0 aliphatic carbocycles. The summed E-state index contributed by atoms with van der Waals surface area (Å²) >= 11 is 0. The van der Waals surface area contributed by atoms with Gasteiger partial charge in [-0.3, -0.25) is 0 Å². The first-order valence-electron chi connectivity index (χ1n) is 3.90. The fraction of sp³-hybridized carbons (Fsp3) is 0.333. The maximum Gasteiger partial charge on any atom is 0.421 e. The molecule has 0 fully saturated rings. The van der Waals surface area contributed by atoms with E-state index in [0.29, 0.717) is 12.6 Å². The lowest BCUT2D eigenvalue weighted by Gasteiger charge is -2.26. The smallest absolute Gasteiger partial charge is 0.399 e. The van der Waals surface area contributed by atoms with E-state index in [-0.39, 0.29) is 5.56 Å². The van der Waals surface area contributed by atoms with Crippen molar-refractivity contribution in [2.75, 3.05) is 5.73 Å². The Labute approximate surface area is 79.2 Å². The van der Waals surface area contributed by atoms with Crippen molar-refractivity contribution in [3.05, 3.63) is 29.8 Å². The fourth-order valence-corrected chi connectivity index (χ4v) is 0.971. The molecule has 0 aliphatic rings. The number of hydrogen-bond donors (Lipinski definition) is 2. The third-order valence-electron chi connectivity index (χ3n) is 2.02. The quantitative estimate of drug-likeness (QED) is 0.689. The van der Waals surface area contributed by atoms with Gasteiger partial charge in [0.25, 0.3) is 0 Å². The van der Waals surface area contributed by atoms with Gasteiger partial charge >= 0.3 is 6.18 Å². The molecule has 1 atom stereocenters. The zero-order chi connectivity index (χ0) is 11.0. The Balaban J connectivity index is 3.10. The molecule has 0 saturated heterocycles. The van der Waals surface area contributed by atoms with Crippen molar-refractivity contribution in [2.45, 2.75) is 18.7 Å². The summed E-state index contributed by atoms with van der Waals surface area (Å²) < 4.78 is 37.0. The van der Waals surface area contributed by atoms with Crippen molar-refractivity contribution in [3.8, 4) is 0 Å². The normalized spacial score (nSPS) is 16.4. The maximum absolute atomic E-state index is 12.3. The largest absolute Gasteiger partial charge is 0.421 e. The first kappa shape index (κ1) is 10.8. The number of rotatable bonds is 1. The Kier molecular flexibility index (Phi) is 2.45. The number of alkyl halides is 3. The molecule has 3 N–H and O–H groups in total. The van der Waals surface area contributed by atoms with Crippen LogP contribution in [0.25, 0.3) is 0 Å². The van der Waals surface area contributed by atoms with Crippen LogP contribution >= 0.6 is 0 Å². The topological polar surface area (TPSA) is 46.2 Å². The maximum atomic E-state index is 12.3. The van der Waals surface area contributed by atoms with Crippen LogP contribution in [0.15, 0.2) is 24.3 Å². The molecule has 5 heteroatoms. The number of halogens is 3. The van der Waals surface area contributed by atoms with E-state index in [1.165, 1.54) is 12.1 Å². The lowest BCUT2D eigenvalue weighted by Crippen LogP contribution is -2.39. The van der Waals surface area contributed by atoms with Crippen molar-refractivity contribution in [1.82, 2.24) is 0 Å². The average molecular weight is 205 g/mol. The number of hydrogen-bond acceptors (Lipinski definition) is 2. The molecule has 78 valence electrons. The highest BCUT2D eigenvalue weighted by Gasteiger charge is 2.50. The fourth-order valence-electron chi connectivity index (χ4n) is 0.971. The summed E-state index contributed by atoms with van der Waals surface area (Å²) in [5.74, 6) is 0. The monoisotopic (exact) mass is 205 g/mol. The first-order valence-corrected chi connectivity index (χ1v) is 3.90. The molecule has 0 spiro atoms. The number of benzene rings is 1. The van der Waals surface area contributed by atoms with E-state index in [9.17, 15) is 18.3 Å². The van der Waals surface area contributed by atoms with Crippen molar-refractivity contribution in [3.63, 3.8) is 0 Å². The van der Waals surface area contributed by atoms with Gasteiger partial charge in [-0.1, -0.05) is 12.1 Å². The highest BCUT2D eigenvalue weighted by atomic mass is 19.4. The van der Waals surface area contributed by atoms with Crippen LogP contribution in [0.2, 0.25) is 0 Å². The van der Waals surface area contributed by atoms with Crippen LogP contribution in [-0.2, 0) is 5.60 Å². The summed E-state index contributed by atoms with van der Waals surface area (Å²) in [6, 6.07) is 4.94. The van der Waals surface area contributed by atoms with Gasteiger partial charge in [-0.2, -0.15) is 13.2 Å². The Morgan fingerprint density at radius 2 is 1.57 bits per heavy atom. The van der Waals surface area contributed by atoms with Crippen LogP contribution in [0.1, 0.15) is 12.5 Å². The number of nitrogens with two attached hydrogens (primary N) is 1. The average Bonchev–Trinajstić information content (AvgIpc) is 2.03. The summed E-state index contributed by atoms with van der Waals surface area (Å²) in [5.41, 5.74) is 2.61. The molecule has 0 radical (unpaired) electrons. The van der Waals surface area contributed by atoms with Crippen molar-refractivity contribution in [1.29, 1.82) is 0 Å². The molecule has 0 amide bonds. The highest BCUT2D eigenvalue weighted by Crippen LogP contribution is 2.38. The Morgan fingerprint density at radius 1 is 1.14 bits per heavy atom. The van der Waals surface area contributed by atoms with E-state index in [1.807, 2.05) is 0 Å². The minimum Gasteiger partial charge on any atom is -0.399 e. The third-order valence-corrected chi connectivity index (χ3v) is 2.02. The van der Waals surface area contributed by atoms with Crippen LogP contribution in [0.3, 0.4) is 0 Å². The number of nitrogen functional groups attached to an aromatic ring is 1. The van der Waals surface area contributed by atoms with E-state index in [2.05, 4.69) is 0 Å². The molecular formula is C9H10F3NO. The predicted molar refractivity (Wildman–Crippen MR) is 46.5 cm³/mol. The lowest BCUT2D eigenvalue weighted by atomic mass is 9.95. The van der Waals surface area contributed by atoms with Gasteiger partial charge in [0.05, 0.1) is 0 Å². The van der Waals surface area contributed by atoms with E-state index >= 15 is 0 Å². The number of aliphatic hydroxyl groups is 1. The van der Waals surface area contributed by atoms with Crippen LogP contribution in [0, 0.1) is 0 Å². The van der Waals surface area contributed by atoms with E-state index < -0.39 is 11.8 Å². The molecule has 1 rings (SSSR count). The molecule has 0 aromatic heterocycles. The molecule has 0 heterocycles. The molecule has 2 nitrogen and oxygen atoms in total. The summed E-state index contributed by atoms with van der Waals surface area (Å²) in [7, 11) is 0. The minimum absolute atomic E-state index is 0.223. The molecule has 0 bridgehead atoms. The van der Waals surface area contributed by atoms with E-state index in [1.54, 1.807) is 0 Å². The molecular weight excluding hydrogens is 195 g/mol. The van der Waals surface area contributed by atoms with Gasteiger partial charge in [0.1, 0.15) is 0 Å². The van der Waals surface area contributed by atoms with E-state index in [0.717, 1.165) is 12.1 Å². The second-order valence-corrected chi connectivity index (χ2v) is 3.19. The van der Waals surface area contributed by atoms with Gasteiger partial charge in [0, 0.05) is 5.69 Å². The van der Waals surface area contributed by atoms with Crippen LogP contribution in [-0.4, -0.2) is 11.3 Å². The van der Waals surface area contributed by atoms with Crippen molar-refractivity contribution in [2.24, 2.45) is 0 Å². The minimum atomic E-state index is -4.69. The summed E-state index contributed by atoms with van der Waals surface area (Å²) in [5, 5.41) is 9.25. The highest BCUT2D eigenvalue weighted by molar-refractivity contribution is 5.41. The summed E-state index contributed by atoms with van der Waals surface area (Å²) in [6.45, 7) is 0.707. The predicted octanol–water partition coefficient (Wildman–Crippen LogP) is 2.04. The number of anilines is 1. The second kappa shape index (κ2) is 3.16. The van der Waals surface area contributed by atoms with Gasteiger partial charge < -0.3 is 10.8 Å². The Bertz CT molecular complexity index is 316. The summed E-state index contributed by atoms with van der Waals surface area (Å²) in [6.07, 6.45) is -4.69. The molecule has 1 aromatic rings. The van der Waals surface area contributed by atoms with Gasteiger partial charge in [-0.05, 0) is 24.6 Å². The van der Waals surface area contributed by atoms with Crippen LogP contribution in [0.5, 0.6) is 0 Å². The molecule has 0 saturated carbocycles. The van der Waals surface area contributed by atoms with Crippen LogP contribution in [0.4, 0.5) is 18.9 Å². The molecule has 14 heavy (non-hydrogen) atoms. The Hall–Kier alpha value is -1.23. The van der Waals surface area contributed by atoms with Gasteiger partial charge in [0.15, 0.2) is 5.60 Å². The summed E-state index contributed by atoms with van der Waals surface area (Å²) in [4.78, 5) is 0. The standard InChI is InChI=1S/C9H10F3NO/c1-8(14,9(10,11)12)6-2-4-7(13)5-3-6/h2-5,14H,13H2,1H3. The van der Waals surface area contributed by atoms with Crippen LogP contribution < -0.4 is 5.73 Å². The lowest BCUT2D eigenvalue weighted by molar-refractivity contribution is -0.258.